The van der Waals surface area contributed by atoms with Crippen LogP contribution >= 0.6 is 11.6 Å². The van der Waals surface area contributed by atoms with Crippen molar-refractivity contribution in [2.24, 2.45) is 4.99 Å². The van der Waals surface area contributed by atoms with Crippen LogP contribution in [0.1, 0.15) is 24.8 Å². The van der Waals surface area contributed by atoms with Crippen LogP contribution in [0.2, 0.25) is 5.02 Å². The summed E-state index contributed by atoms with van der Waals surface area (Å²) < 4.78 is 7.94. The molecule has 1 unspecified atom stereocenters. The Labute approximate surface area is 167 Å². The highest BCUT2D eigenvalue weighted by molar-refractivity contribution is 6.33. The maximum Gasteiger partial charge on any atom is 0.251 e. The van der Waals surface area contributed by atoms with Gasteiger partial charge < -0.3 is 19.3 Å². The molecular formula is C19H22ClN5O3. The predicted molar refractivity (Wildman–Crippen MR) is 105 cm³/mol. The van der Waals surface area contributed by atoms with E-state index in [0.717, 1.165) is 31.4 Å². The fourth-order valence-corrected chi connectivity index (χ4v) is 3.70. The highest BCUT2D eigenvalue weighted by atomic mass is 35.5. The van der Waals surface area contributed by atoms with Gasteiger partial charge >= 0.3 is 0 Å². The zero-order valence-corrected chi connectivity index (χ0v) is 16.1. The monoisotopic (exact) mass is 403 g/mol. The van der Waals surface area contributed by atoms with E-state index in [1.165, 1.54) is 0 Å². The molecule has 0 bridgehead atoms. The summed E-state index contributed by atoms with van der Waals surface area (Å²) in [4.78, 5) is 22.1. The lowest BCUT2D eigenvalue weighted by Gasteiger charge is -2.28. The van der Waals surface area contributed by atoms with Crippen LogP contribution in [0.25, 0.3) is 0 Å². The van der Waals surface area contributed by atoms with Crippen molar-refractivity contribution in [3.8, 4) is 5.75 Å². The number of nitrogens with zero attached hydrogens (tertiary/aromatic N) is 4. The lowest BCUT2D eigenvalue weighted by atomic mass is 10.1. The Kier molecular flexibility index (Phi) is 5.50. The maximum absolute atomic E-state index is 11.9. The average Bonchev–Trinajstić information content (AvgIpc) is 3.31. The zero-order chi connectivity index (χ0) is 19.5. The van der Waals surface area contributed by atoms with Gasteiger partial charge in [0.1, 0.15) is 11.8 Å². The van der Waals surface area contributed by atoms with Crippen molar-refractivity contribution in [3.05, 3.63) is 41.4 Å². The third kappa shape index (κ3) is 3.70. The van der Waals surface area contributed by atoms with Crippen molar-refractivity contribution in [3.63, 3.8) is 0 Å². The molecule has 1 atom stereocenters. The van der Waals surface area contributed by atoms with Gasteiger partial charge in [0.2, 0.25) is 5.96 Å². The minimum Gasteiger partial charge on any atom is -0.492 e. The second-order valence-electron chi connectivity index (χ2n) is 6.84. The Morgan fingerprint density at radius 2 is 2.21 bits per heavy atom. The van der Waals surface area contributed by atoms with Gasteiger partial charge in [-0.3, -0.25) is 10.1 Å². The molecule has 0 spiro atoms. The molecule has 28 heavy (non-hydrogen) atoms. The number of fused-ring (bicyclic) bond motifs is 2. The zero-order valence-electron chi connectivity index (χ0n) is 15.3. The summed E-state index contributed by atoms with van der Waals surface area (Å²) in [5.74, 6) is 0.823. The number of benzene rings is 1. The summed E-state index contributed by atoms with van der Waals surface area (Å²) in [5, 5.41) is 12.7. The Balaban J connectivity index is 1.34. The van der Waals surface area contributed by atoms with E-state index in [1.807, 2.05) is 24.7 Å². The van der Waals surface area contributed by atoms with Gasteiger partial charge in [-0.15, -0.1) is 0 Å². The predicted octanol–water partition coefficient (Wildman–Crippen LogP) is 2.08. The smallest absolute Gasteiger partial charge is 0.251 e. The minimum absolute atomic E-state index is 0.252. The SMILES string of the molecule is O=C1NC2=Nc3ccc(OCCCCCn4ccnc4)c(Cl)c3CN2C1CO. The first-order chi connectivity index (χ1) is 13.7. The van der Waals surface area contributed by atoms with Gasteiger partial charge in [-0.2, -0.15) is 0 Å². The average molecular weight is 404 g/mol. The van der Waals surface area contributed by atoms with Gasteiger partial charge in [0.25, 0.3) is 5.91 Å². The third-order valence-electron chi connectivity index (χ3n) is 4.97. The Hall–Kier alpha value is -2.58. The molecule has 2 aliphatic heterocycles. The lowest BCUT2D eigenvalue weighted by Crippen LogP contribution is -2.39. The molecule has 3 heterocycles. The number of rotatable bonds is 8. The number of carbonyl (C=O) groups excluding carboxylic acids is 1. The molecule has 1 fully saturated rings. The molecule has 0 saturated carbocycles. The van der Waals surface area contributed by atoms with E-state index >= 15 is 0 Å². The van der Waals surface area contributed by atoms with Crippen LogP contribution in [-0.4, -0.2) is 50.7 Å². The molecule has 1 saturated heterocycles. The van der Waals surface area contributed by atoms with Gasteiger partial charge in [-0.1, -0.05) is 11.6 Å². The molecule has 4 rings (SSSR count). The topological polar surface area (TPSA) is 92.0 Å². The summed E-state index contributed by atoms with van der Waals surface area (Å²) >= 11 is 6.55. The van der Waals surface area contributed by atoms with Crippen LogP contribution in [-0.2, 0) is 17.9 Å². The molecular weight excluding hydrogens is 382 g/mol. The number of aliphatic hydroxyl groups excluding tert-OH is 1. The quantitative estimate of drug-likeness (QED) is 0.658. The highest BCUT2D eigenvalue weighted by Crippen LogP contribution is 2.39. The van der Waals surface area contributed by atoms with Crippen LogP contribution in [0.4, 0.5) is 5.69 Å². The van der Waals surface area contributed by atoms with Crippen LogP contribution in [0.5, 0.6) is 5.75 Å². The fraction of sp³-hybridized carbons (Fsp3) is 0.421. The Morgan fingerprint density at radius 1 is 1.32 bits per heavy atom. The normalized spacial score (nSPS) is 17.8. The first-order valence-corrected chi connectivity index (χ1v) is 9.72. The van der Waals surface area contributed by atoms with Crippen molar-refractivity contribution < 1.29 is 14.6 Å². The summed E-state index contributed by atoms with van der Waals surface area (Å²) in [6.45, 7) is 1.67. The van der Waals surface area contributed by atoms with Crippen LogP contribution in [0.3, 0.4) is 0 Å². The minimum atomic E-state index is -0.636. The molecule has 2 aliphatic rings. The molecule has 1 aromatic carbocycles. The van der Waals surface area contributed by atoms with Crippen LogP contribution < -0.4 is 10.1 Å². The number of imidazole rings is 1. The number of hydrogen-bond donors (Lipinski definition) is 2. The van der Waals surface area contributed by atoms with E-state index in [9.17, 15) is 9.90 Å². The number of nitrogens with one attached hydrogen (secondary N) is 1. The summed E-state index contributed by atoms with van der Waals surface area (Å²) in [6, 6.07) is 3.02. The molecule has 0 aliphatic carbocycles. The third-order valence-corrected chi connectivity index (χ3v) is 5.39. The lowest BCUT2D eigenvalue weighted by molar-refractivity contribution is -0.122. The first-order valence-electron chi connectivity index (χ1n) is 9.34. The van der Waals surface area contributed by atoms with E-state index in [2.05, 4.69) is 19.9 Å². The van der Waals surface area contributed by atoms with Gasteiger partial charge in [0.05, 0.1) is 36.8 Å². The van der Waals surface area contributed by atoms with Crippen molar-refractivity contribution in [1.82, 2.24) is 19.8 Å². The maximum atomic E-state index is 11.9. The molecule has 148 valence electrons. The molecule has 8 nitrogen and oxygen atoms in total. The summed E-state index contributed by atoms with van der Waals surface area (Å²) in [7, 11) is 0. The Bertz CT molecular complexity index is 884. The molecule has 1 aromatic heterocycles. The van der Waals surface area contributed by atoms with Gasteiger partial charge in [0.15, 0.2) is 0 Å². The van der Waals surface area contributed by atoms with E-state index in [1.54, 1.807) is 11.1 Å². The largest absolute Gasteiger partial charge is 0.492 e. The van der Waals surface area contributed by atoms with Crippen LogP contribution in [0.15, 0.2) is 35.8 Å². The number of aryl methyl sites for hydroxylation is 1. The number of halogens is 1. The van der Waals surface area contributed by atoms with Gasteiger partial charge in [-0.25, -0.2) is 9.98 Å². The number of amides is 1. The van der Waals surface area contributed by atoms with Crippen LogP contribution in [0, 0.1) is 0 Å². The summed E-state index contributed by atoms with van der Waals surface area (Å²) in [6.07, 6.45) is 8.61. The summed E-state index contributed by atoms with van der Waals surface area (Å²) in [5.41, 5.74) is 1.51. The number of hydrogen-bond acceptors (Lipinski definition) is 6. The van der Waals surface area contributed by atoms with Crippen molar-refractivity contribution in [1.29, 1.82) is 0 Å². The number of aliphatic hydroxyl groups is 1. The molecule has 9 heteroatoms. The van der Waals surface area contributed by atoms with E-state index in [0.29, 0.717) is 35.6 Å². The standard InChI is InChI=1S/C19H22ClN5O3/c20-17-13-10-25-15(11-26)18(27)23-19(25)22-14(13)4-5-16(17)28-9-3-1-2-7-24-8-6-21-12-24/h4-6,8,12,15,26H,1-3,7,9-11H2,(H,22,23,27). The molecule has 2 N–H and O–H groups in total. The molecule has 0 radical (unpaired) electrons. The number of ether oxygens (including phenoxy) is 1. The second-order valence-corrected chi connectivity index (χ2v) is 7.21. The second kappa shape index (κ2) is 8.20. The van der Waals surface area contributed by atoms with E-state index in [4.69, 9.17) is 16.3 Å². The number of unbranched alkanes of at least 4 members (excludes halogenated alkanes) is 2. The molecule has 1 amide bonds. The Morgan fingerprint density at radius 3 is 3.00 bits per heavy atom. The fourth-order valence-electron chi connectivity index (χ4n) is 3.43. The first kappa shape index (κ1) is 18.8. The number of carbonyl (C=O) groups is 1. The van der Waals surface area contributed by atoms with Gasteiger partial charge in [0, 0.05) is 24.5 Å². The van der Waals surface area contributed by atoms with Crippen molar-refractivity contribution in [2.45, 2.75) is 38.4 Å². The van der Waals surface area contributed by atoms with E-state index in [-0.39, 0.29) is 12.5 Å². The van der Waals surface area contributed by atoms with Crippen molar-refractivity contribution in [2.75, 3.05) is 13.2 Å². The number of aromatic nitrogens is 2. The number of aliphatic imine (C=N–C) groups is 1. The van der Waals surface area contributed by atoms with Crippen molar-refractivity contribution >= 4 is 29.2 Å². The highest BCUT2D eigenvalue weighted by Gasteiger charge is 2.39. The van der Waals surface area contributed by atoms with E-state index < -0.39 is 6.04 Å². The number of guanidine groups is 1. The van der Waals surface area contributed by atoms with Gasteiger partial charge in [-0.05, 0) is 31.4 Å². The molecule has 2 aromatic rings.